The van der Waals surface area contributed by atoms with Crippen molar-refractivity contribution in [1.82, 2.24) is 19.9 Å². The van der Waals surface area contributed by atoms with Gasteiger partial charge in [0.05, 0.1) is 5.03 Å². The number of pyridine rings is 1. The Balaban J connectivity index is 1.30. The molecule has 1 aliphatic carbocycles. The second kappa shape index (κ2) is 9.65. The Morgan fingerprint density at radius 2 is 1.87 bits per heavy atom. The van der Waals surface area contributed by atoms with Crippen LogP contribution in [0.4, 0.5) is 5.82 Å². The van der Waals surface area contributed by atoms with Gasteiger partial charge in [0.2, 0.25) is 0 Å². The number of hydrogen-bond donors (Lipinski definition) is 0. The molecule has 6 heteroatoms. The minimum Gasteiger partial charge on any atom is -0.354 e. The summed E-state index contributed by atoms with van der Waals surface area (Å²) in [5, 5.41) is 1.13. The molecule has 0 spiro atoms. The third-order valence-corrected chi connectivity index (χ3v) is 7.16. The zero-order valence-electron chi connectivity index (χ0n) is 18.7. The van der Waals surface area contributed by atoms with Gasteiger partial charge in [-0.3, -0.25) is 4.90 Å². The van der Waals surface area contributed by atoms with Crippen LogP contribution in [-0.4, -0.2) is 58.3 Å². The monoisotopic (exact) mass is 425 g/mol. The van der Waals surface area contributed by atoms with Crippen LogP contribution in [0.5, 0.6) is 0 Å². The van der Waals surface area contributed by atoms with E-state index in [0.29, 0.717) is 5.92 Å². The number of thioether (sulfide) groups is 1. The molecule has 0 atom stereocenters. The Morgan fingerprint density at radius 1 is 1.07 bits per heavy atom. The smallest absolute Gasteiger partial charge is 0.136 e. The lowest BCUT2D eigenvalue weighted by Crippen LogP contribution is -2.47. The molecule has 4 rings (SSSR count). The molecule has 0 bridgehead atoms. The highest BCUT2D eigenvalue weighted by Gasteiger charge is 2.27. The van der Waals surface area contributed by atoms with Gasteiger partial charge in [0.15, 0.2) is 0 Å². The summed E-state index contributed by atoms with van der Waals surface area (Å²) in [5.74, 6) is 3.91. The number of anilines is 1. The van der Waals surface area contributed by atoms with Crippen LogP contribution in [0.1, 0.15) is 63.9 Å². The largest absolute Gasteiger partial charge is 0.354 e. The van der Waals surface area contributed by atoms with Gasteiger partial charge in [-0.2, -0.15) is 0 Å². The minimum absolute atomic E-state index is 0.0123. The van der Waals surface area contributed by atoms with Crippen molar-refractivity contribution in [3.8, 4) is 0 Å². The number of hydrogen-bond acceptors (Lipinski definition) is 6. The standard InChI is InChI=1S/C24H35N5S/c1-24(2,3)23-26-20(19-8-6-9-19)18-21(27-23)29-15-13-28(14-16-29)12-7-17-30-22-10-4-5-11-25-22/h4-5,10-11,18-19H,6-9,12-17H2,1-3H3. The van der Waals surface area contributed by atoms with Gasteiger partial charge < -0.3 is 4.90 Å². The summed E-state index contributed by atoms with van der Waals surface area (Å²) in [7, 11) is 0. The van der Waals surface area contributed by atoms with E-state index in [0.717, 1.165) is 55.1 Å². The van der Waals surface area contributed by atoms with Crippen molar-refractivity contribution in [2.24, 2.45) is 0 Å². The maximum atomic E-state index is 4.99. The first kappa shape index (κ1) is 21.6. The van der Waals surface area contributed by atoms with Crippen LogP contribution < -0.4 is 4.90 Å². The van der Waals surface area contributed by atoms with Crippen molar-refractivity contribution in [3.63, 3.8) is 0 Å². The van der Waals surface area contributed by atoms with E-state index in [1.54, 1.807) is 0 Å². The van der Waals surface area contributed by atoms with E-state index in [1.165, 1.54) is 31.4 Å². The van der Waals surface area contributed by atoms with Crippen molar-refractivity contribution >= 4 is 17.6 Å². The number of nitrogens with zero attached hydrogens (tertiary/aromatic N) is 5. The highest BCUT2D eigenvalue weighted by atomic mass is 32.2. The lowest BCUT2D eigenvalue weighted by Gasteiger charge is -2.36. The SMILES string of the molecule is CC(C)(C)c1nc(C2CCC2)cc(N2CCN(CCCSc3ccccn3)CC2)n1. The fourth-order valence-corrected chi connectivity index (χ4v) is 4.75. The Bertz CT molecular complexity index is 808. The van der Waals surface area contributed by atoms with Gasteiger partial charge in [0.25, 0.3) is 0 Å². The molecule has 30 heavy (non-hydrogen) atoms. The zero-order chi connectivity index (χ0) is 21.0. The summed E-state index contributed by atoms with van der Waals surface area (Å²) >= 11 is 1.86. The van der Waals surface area contributed by atoms with E-state index in [-0.39, 0.29) is 5.41 Å². The Hall–Kier alpha value is -1.66. The molecule has 0 amide bonds. The second-order valence-corrected chi connectivity index (χ2v) is 10.7. The fourth-order valence-electron chi connectivity index (χ4n) is 3.96. The molecule has 0 N–H and O–H groups in total. The molecule has 2 fully saturated rings. The molecule has 0 aromatic carbocycles. The first-order valence-corrected chi connectivity index (χ1v) is 12.4. The molecule has 5 nitrogen and oxygen atoms in total. The van der Waals surface area contributed by atoms with Crippen LogP contribution >= 0.6 is 11.8 Å². The van der Waals surface area contributed by atoms with Crippen molar-refractivity contribution in [2.45, 2.75) is 62.8 Å². The molecular formula is C24H35N5S. The Morgan fingerprint density at radius 3 is 2.50 bits per heavy atom. The van der Waals surface area contributed by atoms with Gasteiger partial charge in [-0.25, -0.2) is 15.0 Å². The molecule has 0 radical (unpaired) electrons. The lowest BCUT2D eigenvalue weighted by atomic mass is 9.82. The highest BCUT2D eigenvalue weighted by Crippen LogP contribution is 2.37. The maximum Gasteiger partial charge on any atom is 0.136 e. The van der Waals surface area contributed by atoms with Gasteiger partial charge in [0, 0.05) is 61.2 Å². The molecule has 0 unspecified atom stereocenters. The normalized spacial score (nSPS) is 18.4. The second-order valence-electron chi connectivity index (χ2n) is 9.55. The number of piperazine rings is 1. The third-order valence-electron chi connectivity index (χ3n) is 6.13. The Kier molecular flexibility index (Phi) is 6.94. The van der Waals surface area contributed by atoms with Gasteiger partial charge in [-0.1, -0.05) is 33.3 Å². The zero-order valence-corrected chi connectivity index (χ0v) is 19.5. The van der Waals surface area contributed by atoms with Gasteiger partial charge in [-0.15, -0.1) is 11.8 Å². The predicted molar refractivity (Wildman–Crippen MR) is 126 cm³/mol. The summed E-state index contributed by atoms with van der Waals surface area (Å²) in [4.78, 5) is 19.4. The van der Waals surface area contributed by atoms with E-state index in [1.807, 2.05) is 24.0 Å². The lowest BCUT2D eigenvalue weighted by molar-refractivity contribution is 0.258. The van der Waals surface area contributed by atoms with Crippen LogP contribution in [0.25, 0.3) is 0 Å². The molecule has 2 aromatic heterocycles. The summed E-state index contributed by atoms with van der Waals surface area (Å²) in [6, 6.07) is 8.40. The van der Waals surface area contributed by atoms with Crippen LogP contribution in [0, 0.1) is 0 Å². The molecular weight excluding hydrogens is 390 g/mol. The first-order valence-electron chi connectivity index (χ1n) is 11.4. The van der Waals surface area contributed by atoms with Crippen molar-refractivity contribution in [2.75, 3.05) is 43.4 Å². The van der Waals surface area contributed by atoms with E-state index >= 15 is 0 Å². The van der Waals surface area contributed by atoms with E-state index in [4.69, 9.17) is 9.97 Å². The molecule has 3 heterocycles. The van der Waals surface area contributed by atoms with Crippen LogP contribution in [0.3, 0.4) is 0 Å². The average molecular weight is 426 g/mol. The Labute approximate surface area is 185 Å². The summed E-state index contributed by atoms with van der Waals surface area (Å²) in [5.41, 5.74) is 1.26. The topological polar surface area (TPSA) is 45.2 Å². The van der Waals surface area contributed by atoms with Gasteiger partial charge in [0.1, 0.15) is 11.6 Å². The molecule has 1 saturated heterocycles. The molecule has 1 saturated carbocycles. The first-order chi connectivity index (χ1) is 14.5. The minimum atomic E-state index is -0.0123. The molecule has 1 aliphatic heterocycles. The third kappa shape index (κ3) is 5.52. The number of rotatable bonds is 7. The fraction of sp³-hybridized carbons (Fsp3) is 0.625. The summed E-state index contributed by atoms with van der Waals surface area (Å²) in [6.07, 6.45) is 6.98. The molecule has 2 aliphatic rings. The quantitative estimate of drug-likeness (QED) is 0.472. The molecule has 2 aromatic rings. The van der Waals surface area contributed by atoms with Crippen molar-refractivity contribution in [3.05, 3.63) is 42.0 Å². The van der Waals surface area contributed by atoms with E-state index < -0.39 is 0 Å². The van der Waals surface area contributed by atoms with Crippen molar-refractivity contribution in [1.29, 1.82) is 0 Å². The number of aromatic nitrogens is 3. The van der Waals surface area contributed by atoms with Crippen molar-refractivity contribution < 1.29 is 0 Å². The highest BCUT2D eigenvalue weighted by molar-refractivity contribution is 7.99. The van der Waals surface area contributed by atoms with Crippen LogP contribution in [-0.2, 0) is 5.41 Å². The summed E-state index contributed by atoms with van der Waals surface area (Å²) < 4.78 is 0. The van der Waals surface area contributed by atoms with Crippen LogP contribution in [0.15, 0.2) is 35.5 Å². The van der Waals surface area contributed by atoms with Gasteiger partial charge in [-0.05, 0) is 37.9 Å². The average Bonchev–Trinajstić information content (AvgIpc) is 2.70. The van der Waals surface area contributed by atoms with Gasteiger partial charge >= 0.3 is 0 Å². The van der Waals surface area contributed by atoms with E-state index in [9.17, 15) is 0 Å². The summed E-state index contributed by atoms with van der Waals surface area (Å²) in [6.45, 7) is 12.2. The van der Waals surface area contributed by atoms with E-state index in [2.05, 4.69) is 53.8 Å². The van der Waals surface area contributed by atoms with Crippen LogP contribution in [0.2, 0.25) is 0 Å². The maximum absolute atomic E-state index is 4.99. The molecule has 162 valence electrons. The predicted octanol–water partition coefficient (Wildman–Crippen LogP) is 4.74.